The largest absolute Gasteiger partial charge is 0.352 e. The molecule has 2 unspecified atom stereocenters. The van der Waals surface area contributed by atoms with Gasteiger partial charge in [-0.25, -0.2) is 8.42 Å². The lowest BCUT2D eigenvalue weighted by Gasteiger charge is -2.45. The van der Waals surface area contributed by atoms with Crippen molar-refractivity contribution in [1.82, 2.24) is 10.2 Å². The van der Waals surface area contributed by atoms with E-state index in [-0.39, 0.29) is 54.3 Å². The van der Waals surface area contributed by atoms with Gasteiger partial charge in [0.2, 0.25) is 5.91 Å². The normalized spacial score (nSPS) is 35.2. The van der Waals surface area contributed by atoms with E-state index in [1.165, 1.54) is 6.42 Å². The van der Waals surface area contributed by atoms with E-state index in [1.807, 2.05) is 4.90 Å². The van der Waals surface area contributed by atoms with Gasteiger partial charge in [-0.05, 0) is 37.5 Å². The molecule has 2 bridgehead atoms. The van der Waals surface area contributed by atoms with E-state index in [0.717, 1.165) is 25.7 Å². The van der Waals surface area contributed by atoms with E-state index >= 15 is 0 Å². The first kappa shape index (κ1) is 22.0. The number of sulfone groups is 1. The van der Waals surface area contributed by atoms with E-state index in [0.29, 0.717) is 31.5 Å². The average Bonchev–Trinajstić information content (AvgIpc) is 2.42. The summed E-state index contributed by atoms with van der Waals surface area (Å²) >= 11 is 0. The second-order valence-electron chi connectivity index (χ2n) is 7.20. The molecule has 2 atom stereocenters. The van der Waals surface area contributed by atoms with Gasteiger partial charge in [0.1, 0.15) is 0 Å². The van der Waals surface area contributed by atoms with E-state index in [2.05, 4.69) is 5.32 Å². The van der Waals surface area contributed by atoms with Gasteiger partial charge in [0.15, 0.2) is 9.84 Å². The molecule has 3 aliphatic rings. The molecule has 0 radical (unpaired) electrons. The zero-order valence-corrected chi connectivity index (χ0v) is 16.3. The Bertz CT molecular complexity index is 504. The van der Waals surface area contributed by atoms with Gasteiger partial charge in [-0.15, -0.1) is 24.8 Å². The molecule has 0 aromatic heterocycles. The van der Waals surface area contributed by atoms with E-state index in [4.69, 9.17) is 5.73 Å². The summed E-state index contributed by atoms with van der Waals surface area (Å²) in [6.45, 7) is 1.26. The summed E-state index contributed by atoms with van der Waals surface area (Å²) in [5, 5.41) is 3.22. The molecule has 6 nitrogen and oxygen atoms in total. The van der Waals surface area contributed by atoms with Gasteiger partial charge >= 0.3 is 0 Å². The second-order valence-corrected chi connectivity index (χ2v) is 9.51. The summed E-state index contributed by atoms with van der Waals surface area (Å²) in [6.07, 6.45) is 5.61. The first-order valence-corrected chi connectivity index (χ1v) is 10.2. The fourth-order valence-corrected chi connectivity index (χ4v) is 5.64. The lowest BCUT2D eigenvalue weighted by molar-refractivity contribution is -0.124. The minimum absolute atomic E-state index is 0. The summed E-state index contributed by atoms with van der Waals surface area (Å²) in [7, 11) is -2.88. The lowest BCUT2D eigenvalue weighted by atomic mass is 9.67. The van der Waals surface area contributed by atoms with Crippen molar-refractivity contribution in [3.63, 3.8) is 0 Å². The van der Waals surface area contributed by atoms with Crippen LogP contribution >= 0.6 is 24.8 Å². The van der Waals surface area contributed by atoms with Crippen molar-refractivity contribution in [1.29, 1.82) is 0 Å². The fourth-order valence-electron chi connectivity index (χ4n) is 4.37. The predicted octanol–water partition coefficient (Wildman–Crippen LogP) is 0.583. The van der Waals surface area contributed by atoms with Crippen LogP contribution in [0.2, 0.25) is 0 Å². The molecule has 3 N–H and O–H groups in total. The maximum absolute atomic E-state index is 12.3. The van der Waals surface area contributed by atoms with Crippen LogP contribution in [-0.2, 0) is 14.6 Å². The van der Waals surface area contributed by atoms with E-state index < -0.39 is 9.84 Å². The molecule has 1 saturated heterocycles. The monoisotopic (exact) mass is 401 g/mol. The number of rotatable bonds is 3. The molecule has 3 fully saturated rings. The maximum Gasteiger partial charge on any atom is 0.234 e. The summed E-state index contributed by atoms with van der Waals surface area (Å²) in [5.74, 6) is 1.42. The lowest BCUT2D eigenvalue weighted by Crippen LogP contribution is -2.55. The third kappa shape index (κ3) is 5.46. The molecule has 24 heavy (non-hydrogen) atoms. The zero-order chi connectivity index (χ0) is 15.7. The van der Waals surface area contributed by atoms with Crippen LogP contribution in [0.3, 0.4) is 0 Å². The van der Waals surface area contributed by atoms with Crippen molar-refractivity contribution in [2.24, 2.45) is 17.6 Å². The highest BCUT2D eigenvalue weighted by Crippen LogP contribution is 2.39. The zero-order valence-electron chi connectivity index (χ0n) is 13.9. The Labute approximate surface area is 157 Å². The number of carbonyl (C=O) groups is 1. The van der Waals surface area contributed by atoms with Crippen LogP contribution in [0.15, 0.2) is 0 Å². The molecule has 2 saturated carbocycles. The molecule has 3 rings (SSSR count). The number of hydrogen-bond donors (Lipinski definition) is 2. The maximum atomic E-state index is 12.3. The van der Waals surface area contributed by atoms with Gasteiger partial charge < -0.3 is 11.1 Å². The van der Waals surface area contributed by atoms with Crippen LogP contribution in [0.4, 0.5) is 0 Å². The number of nitrogens with zero attached hydrogens (tertiary/aromatic N) is 1. The first-order chi connectivity index (χ1) is 10.4. The molecule has 1 aliphatic heterocycles. The topological polar surface area (TPSA) is 92.5 Å². The molecule has 0 aromatic carbocycles. The van der Waals surface area contributed by atoms with Crippen molar-refractivity contribution in [3.8, 4) is 0 Å². The predicted molar refractivity (Wildman–Crippen MR) is 99.6 cm³/mol. The van der Waals surface area contributed by atoms with Crippen LogP contribution in [0.25, 0.3) is 0 Å². The van der Waals surface area contributed by atoms with Crippen molar-refractivity contribution in [2.45, 2.75) is 44.2 Å². The molecular weight excluding hydrogens is 373 g/mol. The highest BCUT2D eigenvalue weighted by Gasteiger charge is 2.40. The van der Waals surface area contributed by atoms with Gasteiger partial charge in [0.25, 0.3) is 0 Å². The Balaban J connectivity index is 0.00000144. The SMILES string of the molecule is Cl.Cl.NC1CC2CCCC(C1)C2NC(=O)CN1CCS(=O)(=O)CC1. The summed E-state index contributed by atoms with van der Waals surface area (Å²) in [6, 6.07) is 0.560. The van der Waals surface area contributed by atoms with Crippen LogP contribution < -0.4 is 11.1 Å². The van der Waals surface area contributed by atoms with Crippen LogP contribution in [0, 0.1) is 11.8 Å². The number of hydrogen-bond acceptors (Lipinski definition) is 5. The molecule has 2 aliphatic carbocycles. The fraction of sp³-hybridized carbons (Fsp3) is 0.933. The standard InChI is InChI=1S/C15H27N3O3S.2ClH/c16-13-8-11-2-1-3-12(9-13)15(11)17-14(19)10-18-4-6-22(20,21)7-5-18;;/h11-13,15H,1-10,16H2,(H,17,19);2*1H. The Morgan fingerprint density at radius 1 is 1.08 bits per heavy atom. The van der Waals surface area contributed by atoms with Crippen molar-refractivity contribution < 1.29 is 13.2 Å². The third-order valence-electron chi connectivity index (χ3n) is 5.51. The number of nitrogens with two attached hydrogens (primary N) is 1. The minimum Gasteiger partial charge on any atom is -0.352 e. The van der Waals surface area contributed by atoms with E-state index in [9.17, 15) is 13.2 Å². The Kier molecular flexibility index (Phi) is 8.26. The quantitative estimate of drug-likeness (QED) is 0.721. The highest BCUT2D eigenvalue weighted by molar-refractivity contribution is 7.91. The number of nitrogens with one attached hydrogen (secondary N) is 1. The van der Waals surface area contributed by atoms with Crippen LogP contribution in [0.1, 0.15) is 32.1 Å². The minimum atomic E-state index is -2.88. The van der Waals surface area contributed by atoms with Gasteiger partial charge in [0, 0.05) is 25.2 Å². The molecular formula is C15H29Cl2N3O3S. The Hall–Kier alpha value is -0.0800. The van der Waals surface area contributed by atoms with Gasteiger partial charge in [0.05, 0.1) is 18.1 Å². The van der Waals surface area contributed by atoms with Gasteiger partial charge in [-0.2, -0.15) is 0 Å². The highest BCUT2D eigenvalue weighted by atomic mass is 35.5. The molecule has 0 aromatic rings. The number of carbonyl (C=O) groups excluding carboxylic acids is 1. The van der Waals surface area contributed by atoms with Crippen molar-refractivity contribution in [3.05, 3.63) is 0 Å². The molecule has 9 heteroatoms. The molecule has 1 amide bonds. The van der Waals surface area contributed by atoms with Crippen LogP contribution in [-0.4, -0.2) is 62.4 Å². The number of amides is 1. The molecule has 142 valence electrons. The summed E-state index contributed by atoms with van der Waals surface area (Å²) in [5.41, 5.74) is 6.12. The first-order valence-electron chi connectivity index (χ1n) is 8.41. The Morgan fingerprint density at radius 2 is 1.62 bits per heavy atom. The van der Waals surface area contributed by atoms with Crippen molar-refractivity contribution >= 4 is 40.6 Å². The summed E-state index contributed by atoms with van der Waals surface area (Å²) in [4.78, 5) is 14.3. The Morgan fingerprint density at radius 3 is 2.17 bits per heavy atom. The second kappa shape index (κ2) is 9.03. The molecule has 1 heterocycles. The van der Waals surface area contributed by atoms with Crippen molar-refractivity contribution in [2.75, 3.05) is 31.1 Å². The number of halogens is 2. The smallest absolute Gasteiger partial charge is 0.234 e. The van der Waals surface area contributed by atoms with Crippen LogP contribution in [0.5, 0.6) is 0 Å². The number of fused-ring (bicyclic) bond motifs is 2. The third-order valence-corrected chi connectivity index (χ3v) is 7.12. The average molecular weight is 402 g/mol. The van der Waals surface area contributed by atoms with Gasteiger partial charge in [-0.3, -0.25) is 9.69 Å². The van der Waals surface area contributed by atoms with E-state index in [1.54, 1.807) is 0 Å². The van der Waals surface area contributed by atoms with Gasteiger partial charge in [-0.1, -0.05) is 6.42 Å². The molecule has 0 spiro atoms. The summed E-state index contributed by atoms with van der Waals surface area (Å²) < 4.78 is 22.8.